The topological polar surface area (TPSA) is 161 Å². The smallest absolute Gasteiger partial charge is 0.335 e. The molecule has 12 heteroatoms. The summed E-state index contributed by atoms with van der Waals surface area (Å²) in [5.41, 5.74) is 3.07. The number of carboxylic acids is 1. The van der Waals surface area contributed by atoms with Crippen molar-refractivity contribution in [2.45, 2.75) is 83.8 Å². The van der Waals surface area contributed by atoms with E-state index in [0.29, 0.717) is 53.2 Å². The zero-order valence-corrected chi connectivity index (χ0v) is 33.6. The molecule has 3 aromatic carbocycles. The Morgan fingerprint density at radius 3 is 2.36 bits per heavy atom. The number of hydroxylamine groups is 2. The number of carboxylic acid groups (broad SMARTS) is 1. The maximum Gasteiger partial charge on any atom is 0.335 e. The average molecular weight is 771 g/mol. The van der Waals surface area contributed by atoms with E-state index < -0.39 is 42.7 Å². The molecule has 3 saturated carbocycles. The van der Waals surface area contributed by atoms with Gasteiger partial charge in [0.1, 0.15) is 17.9 Å². The van der Waals surface area contributed by atoms with Gasteiger partial charge in [-0.1, -0.05) is 69.3 Å². The van der Waals surface area contributed by atoms with Crippen LogP contribution in [0.3, 0.4) is 0 Å². The number of ether oxygens (including phenoxy) is 1. The Balaban J connectivity index is 1.28. The van der Waals surface area contributed by atoms with Gasteiger partial charge in [0.2, 0.25) is 5.91 Å². The Morgan fingerprint density at radius 2 is 1.75 bits per heavy atom. The first-order valence-electron chi connectivity index (χ1n) is 19.7. The molecule has 2 bridgehead atoms. The molecule has 0 aromatic heterocycles. The van der Waals surface area contributed by atoms with E-state index in [1.807, 2.05) is 55.4 Å². The molecular formula is C44H58N4O8. The molecule has 1 aliphatic heterocycles. The van der Waals surface area contributed by atoms with Gasteiger partial charge in [-0.3, -0.25) is 14.4 Å². The number of fused-ring (bicyclic) bond motifs is 2. The van der Waals surface area contributed by atoms with Gasteiger partial charge < -0.3 is 35.6 Å². The van der Waals surface area contributed by atoms with Gasteiger partial charge >= 0.3 is 5.97 Å². The molecular weight excluding hydrogens is 713 g/mol. The minimum atomic E-state index is -1.18. The highest BCUT2D eigenvalue weighted by molar-refractivity contribution is 6.00. The lowest BCUT2D eigenvalue weighted by atomic mass is 9.45. The minimum absolute atomic E-state index is 0.00813. The molecule has 0 unspecified atom stereocenters. The molecule has 56 heavy (non-hydrogen) atoms. The summed E-state index contributed by atoms with van der Waals surface area (Å²) < 4.78 is 5.98. The van der Waals surface area contributed by atoms with E-state index in [0.717, 1.165) is 12.0 Å². The van der Waals surface area contributed by atoms with Gasteiger partial charge in [0, 0.05) is 41.2 Å². The number of carbonyl (C=O) groups excluding carboxylic acids is 2. The Labute approximate surface area is 330 Å². The summed E-state index contributed by atoms with van der Waals surface area (Å²) in [6.07, 6.45) is 0.885. The van der Waals surface area contributed by atoms with Gasteiger partial charge in [-0.05, 0) is 92.8 Å². The summed E-state index contributed by atoms with van der Waals surface area (Å²) in [7, 11) is 5.37. The molecule has 2 amide bonds. The minimum Gasteiger partial charge on any atom is -0.496 e. The highest BCUT2D eigenvalue weighted by atomic mass is 16.7. The van der Waals surface area contributed by atoms with Gasteiger partial charge in [0.25, 0.3) is 5.91 Å². The van der Waals surface area contributed by atoms with Crippen molar-refractivity contribution in [3.8, 4) is 16.9 Å². The largest absolute Gasteiger partial charge is 0.496 e. The standard InChI is InChI=1S/C44H58N4O8/c1-25-35-20-32(44(35,3)4)21-36(25)46-42(52)39-38(26(2)50)37(24-49)56-48(39)22-28-14-11-15-34(40(28)55-7)29-17-30(19-31(18-29)43(53)54)41(51)45-33(23-47(5)6)16-27-12-9-8-10-13-27/h8-15,17-19,25-26,32-33,35-39,49-50H,16,20-24H2,1-7H3,(H,45,51)(H,46,52)(H,53,54)/t25-,26-,32+,33-,35+,36-,37-,38-,39-/m0/s1. The number of hydrogen-bond acceptors (Lipinski definition) is 9. The Bertz CT molecular complexity index is 1880. The average Bonchev–Trinajstić information content (AvgIpc) is 3.53. The maximum atomic E-state index is 14.2. The van der Waals surface area contributed by atoms with E-state index in [9.17, 15) is 29.7 Å². The van der Waals surface area contributed by atoms with Crippen LogP contribution in [0.5, 0.6) is 5.75 Å². The van der Waals surface area contributed by atoms with Crippen molar-refractivity contribution >= 4 is 17.8 Å². The molecule has 0 spiro atoms. The van der Waals surface area contributed by atoms with Crippen molar-refractivity contribution in [1.29, 1.82) is 0 Å². The second-order valence-corrected chi connectivity index (χ2v) is 17.0. The number of benzene rings is 3. The molecule has 9 atom stereocenters. The predicted octanol–water partition coefficient (Wildman–Crippen LogP) is 4.62. The highest BCUT2D eigenvalue weighted by Crippen LogP contribution is 2.61. The lowest BCUT2D eigenvalue weighted by Gasteiger charge is -2.62. The molecule has 4 fully saturated rings. The molecule has 12 nitrogen and oxygen atoms in total. The van der Waals surface area contributed by atoms with Crippen LogP contribution in [0.4, 0.5) is 0 Å². The second-order valence-electron chi connectivity index (χ2n) is 17.0. The fraction of sp³-hybridized carbons (Fsp3) is 0.523. The number of nitrogens with zero attached hydrogens (tertiary/aromatic N) is 2. The third-order valence-corrected chi connectivity index (χ3v) is 12.7. The van der Waals surface area contributed by atoms with Gasteiger partial charge in [0.15, 0.2) is 0 Å². The lowest BCUT2D eigenvalue weighted by Crippen LogP contribution is -2.62. The highest BCUT2D eigenvalue weighted by Gasteiger charge is 2.57. The van der Waals surface area contributed by atoms with Crippen LogP contribution in [0.2, 0.25) is 0 Å². The number of aliphatic hydroxyl groups excluding tert-OH is 2. The van der Waals surface area contributed by atoms with Gasteiger partial charge in [-0.15, -0.1) is 0 Å². The third-order valence-electron chi connectivity index (χ3n) is 12.7. The second kappa shape index (κ2) is 17.0. The van der Waals surface area contributed by atoms with Crippen LogP contribution in [-0.2, 0) is 22.6 Å². The summed E-state index contributed by atoms with van der Waals surface area (Å²) in [4.78, 5) is 48.7. The number of carbonyl (C=O) groups is 3. The number of amides is 2. The van der Waals surface area contributed by atoms with Crippen molar-refractivity contribution in [2.75, 3.05) is 34.4 Å². The van der Waals surface area contributed by atoms with Gasteiger partial charge in [0.05, 0.1) is 31.9 Å². The van der Waals surface area contributed by atoms with Gasteiger partial charge in [-0.25, -0.2) is 4.79 Å². The first-order chi connectivity index (χ1) is 26.6. The van der Waals surface area contributed by atoms with E-state index in [1.54, 1.807) is 25.1 Å². The summed E-state index contributed by atoms with van der Waals surface area (Å²) in [5.74, 6) is -0.796. The van der Waals surface area contributed by atoms with E-state index in [2.05, 4.69) is 31.4 Å². The van der Waals surface area contributed by atoms with Crippen LogP contribution >= 0.6 is 0 Å². The summed E-state index contributed by atoms with van der Waals surface area (Å²) in [6, 6.07) is 18.7. The number of aliphatic hydroxyl groups is 2. The molecule has 7 rings (SSSR count). The van der Waals surface area contributed by atoms with Crippen LogP contribution in [-0.4, -0.2) is 108 Å². The number of methoxy groups -OCH3 is 1. The Kier molecular flexibility index (Phi) is 12.6. The van der Waals surface area contributed by atoms with Crippen molar-refractivity contribution in [3.63, 3.8) is 0 Å². The van der Waals surface area contributed by atoms with E-state index in [4.69, 9.17) is 9.57 Å². The van der Waals surface area contributed by atoms with Crippen LogP contribution in [0.25, 0.3) is 11.1 Å². The third kappa shape index (κ3) is 8.50. The van der Waals surface area contributed by atoms with Crippen molar-refractivity contribution in [2.24, 2.45) is 29.1 Å². The molecule has 5 N–H and O–H groups in total. The van der Waals surface area contributed by atoms with Crippen molar-refractivity contribution in [1.82, 2.24) is 20.6 Å². The Morgan fingerprint density at radius 1 is 1.04 bits per heavy atom. The monoisotopic (exact) mass is 770 g/mol. The van der Waals surface area contributed by atoms with Crippen LogP contribution in [0, 0.1) is 29.1 Å². The zero-order valence-electron chi connectivity index (χ0n) is 33.6. The zero-order chi connectivity index (χ0) is 40.5. The van der Waals surface area contributed by atoms with E-state index in [-0.39, 0.29) is 41.1 Å². The number of rotatable bonds is 15. The Hall–Kier alpha value is -4.33. The summed E-state index contributed by atoms with van der Waals surface area (Å²) in [5, 5.41) is 39.4. The van der Waals surface area contributed by atoms with Crippen molar-refractivity contribution in [3.05, 3.63) is 89.0 Å². The molecule has 4 aliphatic rings. The molecule has 1 saturated heterocycles. The van der Waals surface area contributed by atoms with Gasteiger partial charge in [-0.2, -0.15) is 5.06 Å². The number of hydrogen-bond donors (Lipinski definition) is 5. The predicted molar refractivity (Wildman–Crippen MR) is 213 cm³/mol. The first-order valence-corrected chi connectivity index (χ1v) is 19.7. The quantitative estimate of drug-likeness (QED) is 0.148. The number of para-hydroxylation sites is 1. The molecule has 0 radical (unpaired) electrons. The number of likely N-dealkylation sites (N-methyl/N-ethyl adjacent to an activating group) is 1. The normalized spacial score (nSPS) is 26.6. The SMILES string of the molecule is COc1c(CN2O[C@@H](CO)[C@H]([C@H](C)O)[C@H]2C(=O)N[C@H]2C[C@H]3C[C@H]([C@@H]2C)C3(C)C)cccc1-c1cc(C(=O)O)cc(C(=O)N[C@@H](Cc2ccccc2)CN(C)C)c1. The summed E-state index contributed by atoms with van der Waals surface area (Å²) in [6.45, 7) is 8.68. The van der Waals surface area contributed by atoms with Crippen LogP contribution in [0.1, 0.15) is 72.4 Å². The molecule has 3 aliphatic carbocycles. The number of nitrogens with one attached hydrogen (secondary N) is 2. The lowest BCUT2D eigenvalue weighted by molar-refractivity contribution is -0.183. The maximum absolute atomic E-state index is 14.2. The summed E-state index contributed by atoms with van der Waals surface area (Å²) >= 11 is 0. The molecule has 3 aromatic rings. The van der Waals surface area contributed by atoms with E-state index >= 15 is 0 Å². The molecule has 302 valence electrons. The fourth-order valence-electron chi connectivity index (χ4n) is 9.64. The molecule has 1 heterocycles. The van der Waals surface area contributed by atoms with Crippen LogP contribution in [0.15, 0.2) is 66.7 Å². The first kappa shape index (κ1) is 41.3. The number of aromatic carboxylic acids is 1. The van der Waals surface area contributed by atoms with E-state index in [1.165, 1.54) is 30.7 Å². The van der Waals surface area contributed by atoms with Crippen LogP contribution < -0.4 is 15.4 Å². The fourth-order valence-corrected chi connectivity index (χ4v) is 9.64. The van der Waals surface area contributed by atoms with Crippen molar-refractivity contribution < 1.29 is 39.3 Å².